The van der Waals surface area contributed by atoms with Crippen molar-refractivity contribution in [3.63, 3.8) is 0 Å². The van der Waals surface area contributed by atoms with Gasteiger partial charge in [-0.2, -0.15) is 0 Å². The average Bonchev–Trinajstić information content (AvgIpc) is 3.27. The van der Waals surface area contributed by atoms with E-state index in [4.69, 9.17) is 14.2 Å². The van der Waals surface area contributed by atoms with E-state index in [1.807, 2.05) is 0 Å². The molecule has 0 spiro atoms. The number of hydrogen-bond donors (Lipinski definition) is 0. The molecule has 0 aromatic carbocycles. The molecule has 0 unspecified atom stereocenters. The van der Waals surface area contributed by atoms with E-state index >= 15 is 0 Å². The molecule has 0 heterocycles. The van der Waals surface area contributed by atoms with Gasteiger partial charge in [0, 0.05) is 19.3 Å². The Kier molecular flexibility index (Phi) is 50.1. The molecule has 0 aromatic heterocycles. The number of hydrogen-bond acceptors (Lipinski definition) is 6. The van der Waals surface area contributed by atoms with Crippen molar-refractivity contribution in [1.29, 1.82) is 0 Å². The molecule has 0 fully saturated rings. The molecule has 0 aliphatic heterocycles. The summed E-state index contributed by atoms with van der Waals surface area (Å²) in [5.41, 5.74) is 0. The first kappa shape index (κ1) is 61.4. The van der Waals surface area contributed by atoms with Gasteiger partial charge in [-0.05, 0) is 25.2 Å². The minimum Gasteiger partial charge on any atom is -0.462 e. The lowest BCUT2D eigenvalue weighted by Crippen LogP contribution is -2.30. The third-order valence-corrected chi connectivity index (χ3v) is 13.0. The van der Waals surface area contributed by atoms with Crippen LogP contribution in [0.2, 0.25) is 0 Å². The van der Waals surface area contributed by atoms with Crippen molar-refractivity contribution < 1.29 is 28.6 Å². The molecule has 0 N–H and O–H groups in total. The first-order valence-electron chi connectivity index (χ1n) is 28.4. The minimum atomic E-state index is -0.760. The molecule has 6 nitrogen and oxygen atoms in total. The Bertz CT molecular complexity index is 949. The average molecular weight is 892 g/mol. The summed E-state index contributed by atoms with van der Waals surface area (Å²) in [4.78, 5) is 38.0. The molecule has 0 saturated carbocycles. The van der Waals surface area contributed by atoms with Gasteiger partial charge in [0.1, 0.15) is 13.2 Å². The fraction of sp³-hybridized carbons (Fsp3) is 0.947. The standard InChI is InChI=1S/C57H110O6/c1-5-7-9-11-13-15-17-18-26-29-33-36-40-44-48-55(58)61-51-54(63-57(60)50-46-42-38-32-16-14-12-10-8-6-2)52-62-56(59)49-45-41-37-34-30-27-24-22-20-19-21-23-25-28-31-35-39-43-47-53(3)4/h53-54H,5-52H2,1-4H3/t54-/m0/s1. The monoisotopic (exact) mass is 891 g/mol. The molecule has 0 radical (unpaired) electrons. The van der Waals surface area contributed by atoms with Gasteiger partial charge in [0.05, 0.1) is 0 Å². The molecule has 0 saturated heterocycles. The quantitative estimate of drug-likeness (QED) is 0.0344. The van der Waals surface area contributed by atoms with Crippen LogP contribution >= 0.6 is 0 Å². The topological polar surface area (TPSA) is 78.9 Å². The van der Waals surface area contributed by atoms with Crippen LogP contribution in [-0.2, 0) is 28.6 Å². The molecular weight excluding hydrogens is 781 g/mol. The van der Waals surface area contributed by atoms with Crippen LogP contribution in [0.25, 0.3) is 0 Å². The predicted octanol–water partition coefficient (Wildman–Crippen LogP) is 18.6. The number of carbonyl (C=O) groups is 3. The van der Waals surface area contributed by atoms with E-state index in [0.29, 0.717) is 19.3 Å². The first-order valence-corrected chi connectivity index (χ1v) is 28.4. The highest BCUT2D eigenvalue weighted by atomic mass is 16.6. The summed E-state index contributed by atoms with van der Waals surface area (Å²) in [6.45, 7) is 9.06. The Morgan fingerprint density at radius 3 is 0.778 bits per heavy atom. The van der Waals surface area contributed by atoms with Crippen LogP contribution in [0.4, 0.5) is 0 Å². The second-order valence-corrected chi connectivity index (χ2v) is 20.1. The van der Waals surface area contributed by atoms with Crippen LogP contribution in [0.3, 0.4) is 0 Å². The maximum Gasteiger partial charge on any atom is 0.306 e. The lowest BCUT2D eigenvalue weighted by molar-refractivity contribution is -0.167. The van der Waals surface area contributed by atoms with Crippen molar-refractivity contribution in [2.75, 3.05) is 13.2 Å². The summed E-state index contributed by atoms with van der Waals surface area (Å²) < 4.78 is 16.8. The summed E-state index contributed by atoms with van der Waals surface area (Å²) >= 11 is 0. The Hall–Kier alpha value is -1.59. The number of carbonyl (C=O) groups excluding carboxylic acids is 3. The second-order valence-electron chi connectivity index (χ2n) is 20.1. The fourth-order valence-electron chi connectivity index (χ4n) is 8.75. The molecule has 374 valence electrons. The molecule has 0 amide bonds. The predicted molar refractivity (Wildman–Crippen MR) is 270 cm³/mol. The molecule has 0 rings (SSSR count). The lowest BCUT2D eigenvalue weighted by atomic mass is 10.0. The molecule has 0 aliphatic carbocycles. The van der Waals surface area contributed by atoms with Crippen molar-refractivity contribution in [2.24, 2.45) is 5.92 Å². The summed E-state index contributed by atoms with van der Waals surface area (Å²) in [6.07, 6.45) is 55.3. The van der Waals surface area contributed by atoms with Crippen molar-refractivity contribution in [1.82, 2.24) is 0 Å². The summed E-state index contributed by atoms with van der Waals surface area (Å²) in [6, 6.07) is 0. The first-order chi connectivity index (χ1) is 30.9. The zero-order valence-electron chi connectivity index (χ0n) is 43.0. The van der Waals surface area contributed by atoms with Crippen LogP contribution in [-0.4, -0.2) is 37.2 Å². The Balaban J connectivity index is 4.18. The van der Waals surface area contributed by atoms with E-state index in [9.17, 15) is 14.4 Å². The van der Waals surface area contributed by atoms with Gasteiger partial charge < -0.3 is 14.2 Å². The van der Waals surface area contributed by atoms with Crippen molar-refractivity contribution in [3.8, 4) is 0 Å². The van der Waals surface area contributed by atoms with E-state index in [1.54, 1.807) is 0 Å². The molecule has 0 bridgehead atoms. The number of unbranched alkanes of at least 4 members (excludes halogenated alkanes) is 39. The number of rotatable bonds is 52. The molecule has 0 aromatic rings. The second kappa shape index (κ2) is 51.4. The van der Waals surface area contributed by atoms with E-state index in [2.05, 4.69) is 27.7 Å². The molecule has 0 aliphatic rings. The van der Waals surface area contributed by atoms with Crippen molar-refractivity contribution >= 4 is 17.9 Å². The fourth-order valence-corrected chi connectivity index (χ4v) is 8.75. The van der Waals surface area contributed by atoms with Crippen LogP contribution in [0.1, 0.15) is 323 Å². The van der Waals surface area contributed by atoms with Crippen molar-refractivity contribution in [2.45, 2.75) is 329 Å². The zero-order valence-corrected chi connectivity index (χ0v) is 43.0. The van der Waals surface area contributed by atoms with E-state index < -0.39 is 6.10 Å². The van der Waals surface area contributed by atoms with E-state index in [1.165, 1.54) is 218 Å². The molecule has 63 heavy (non-hydrogen) atoms. The SMILES string of the molecule is CCCCCCCCCCCCCCCCC(=O)OC[C@@H](COC(=O)CCCCCCCCCCCCCCCCCCCCC(C)C)OC(=O)CCCCCCCCCCCC. The van der Waals surface area contributed by atoms with Crippen LogP contribution in [0.5, 0.6) is 0 Å². The highest BCUT2D eigenvalue weighted by Crippen LogP contribution is 2.18. The Morgan fingerprint density at radius 1 is 0.302 bits per heavy atom. The normalized spacial score (nSPS) is 12.0. The number of ether oxygens (including phenoxy) is 3. The maximum absolute atomic E-state index is 12.8. The van der Waals surface area contributed by atoms with Crippen LogP contribution in [0.15, 0.2) is 0 Å². The zero-order chi connectivity index (χ0) is 45.9. The summed E-state index contributed by atoms with van der Waals surface area (Å²) in [5.74, 6) is 0.0200. The Labute approximate surface area is 393 Å². The molecule has 6 heteroatoms. The largest absolute Gasteiger partial charge is 0.462 e. The van der Waals surface area contributed by atoms with Gasteiger partial charge in [-0.1, -0.05) is 285 Å². The molecular formula is C57H110O6. The summed E-state index contributed by atoms with van der Waals surface area (Å²) in [7, 11) is 0. The summed E-state index contributed by atoms with van der Waals surface area (Å²) in [5, 5.41) is 0. The Morgan fingerprint density at radius 2 is 0.524 bits per heavy atom. The van der Waals surface area contributed by atoms with E-state index in [0.717, 1.165) is 63.7 Å². The van der Waals surface area contributed by atoms with Crippen LogP contribution in [0, 0.1) is 5.92 Å². The van der Waals surface area contributed by atoms with Gasteiger partial charge in [0.25, 0.3) is 0 Å². The maximum atomic E-state index is 12.8. The lowest BCUT2D eigenvalue weighted by Gasteiger charge is -2.18. The van der Waals surface area contributed by atoms with Crippen molar-refractivity contribution in [3.05, 3.63) is 0 Å². The van der Waals surface area contributed by atoms with Gasteiger partial charge in [-0.15, -0.1) is 0 Å². The smallest absolute Gasteiger partial charge is 0.306 e. The van der Waals surface area contributed by atoms with Gasteiger partial charge in [-0.3, -0.25) is 14.4 Å². The number of esters is 3. The highest BCUT2D eigenvalue weighted by Gasteiger charge is 2.19. The molecule has 1 atom stereocenters. The van der Waals surface area contributed by atoms with Gasteiger partial charge in [0.2, 0.25) is 0 Å². The third-order valence-electron chi connectivity index (χ3n) is 13.0. The van der Waals surface area contributed by atoms with Gasteiger partial charge in [-0.25, -0.2) is 0 Å². The third kappa shape index (κ3) is 51.3. The van der Waals surface area contributed by atoms with Crippen LogP contribution < -0.4 is 0 Å². The highest BCUT2D eigenvalue weighted by molar-refractivity contribution is 5.71. The minimum absolute atomic E-state index is 0.0621. The van der Waals surface area contributed by atoms with E-state index in [-0.39, 0.29) is 31.1 Å². The van der Waals surface area contributed by atoms with Gasteiger partial charge >= 0.3 is 17.9 Å². The van der Waals surface area contributed by atoms with Gasteiger partial charge in [0.15, 0.2) is 6.10 Å².